The fourth-order valence-electron chi connectivity index (χ4n) is 2.15. The summed E-state index contributed by atoms with van der Waals surface area (Å²) < 4.78 is 6.52. The Hall–Kier alpha value is -1.93. The summed E-state index contributed by atoms with van der Waals surface area (Å²) in [6, 6.07) is 3.45. The molecule has 0 saturated heterocycles. The van der Waals surface area contributed by atoms with Crippen LogP contribution in [0.4, 0.5) is 0 Å². The first-order valence-corrected chi connectivity index (χ1v) is 8.75. The zero-order chi connectivity index (χ0) is 17.5. The molecule has 1 amide bonds. The van der Waals surface area contributed by atoms with Crippen molar-refractivity contribution in [2.75, 3.05) is 26.0 Å². The molecular formula is C16H22N4O3S. The molecule has 2 rings (SSSR count). The molecule has 0 aliphatic heterocycles. The molecule has 7 nitrogen and oxygen atoms in total. The van der Waals surface area contributed by atoms with Gasteiger partial charge < -0.3 is 10.1 Å². The van der Waals surface area contributed by atoms with E-state index in [9.17, 15) is 9.59 Å². The zero-order valence-electron chi connectivity index (χ0n) is 14.1. The fraction of sp³-hybridized carbons (Fsp3) is 0.500. The van der Waals surface area contributed by atoms with E-state index >= 15 is 0 Å². The van der Waals surface area contributed by atoms with Crippen molar-refractivity contribution in [3.05, 3.63) is 28.7 Å². The van der Waals surface area contributed by atoms with Gasteiger partial charge in [-0.3, -0.25) is 14.2 Å². The molecule has 0 radical (unpaired) electrons. The minimum Gasteiger partial charge on any atom is -0.383 e. The maximum Gasteiger partial charge on any atom is 0.263 e. The molecule has 130 valence electrons. The first kappa shape index (κ1) is 18.4. The summed E-state index contributed by atoms with van der Waals surface area (Å²) >= 11 is 1.24. The van der Waals surface area contributed by atoms with Gasteiger partial charge in [0.25, 0.3) is 5.56 Å². The predicted molar refractivity (Wildman–Crippen MR) is 94.2 cm³/mol. The maximum atomic E-state index is 12.7. The summed E-state index contributed by atoms with van der Waals surface area (Å²) in [5.74, 6) is 0.351. The third kappa shape index (κ3) is 4.78. The van der Waals surface area contributed by atoms with E-state index in [2.05, 4.69) is 15.3 Å². The largest absolute Gasteiger partial charge is 0.383 e. The van der Waals surface area contributed by atoms with Gasteiger partial charge in [0.05, 0.1) is 17.7 Å². The Labute approximate surface area is 144 Å². The van der Waals surface area contributed by atoms with Crippen LogP contribution in [0.1, 0.15) is 13.8 Å². The van der Waals surface area contributed by atoms with Crippen LogP contribution in [0.2, 0.25) is 0 Å². The van der Waals surface area contributed by atoms with E-state index in [0.717, 1.165) is 0 Å². The molecule has 0 spiro atoms. The molecule has 0 aliphatic rings. The average Bonchev–Trinajstić information content (AvgIpc) is 2.56. The lowest BCUT2D eigenvalue weighted by Gasteiger charge is -2.14. The van der Waals surface area contributed by atoms with Crippen molar-refractivity contribution in [3.63, 3.8) is 0 Å². The minimum atomic E-state index is -0.122. The third-order valence-electron chi connectivity index (χ3n) is 3.20. The summed E-state index contributed by atoms with van der Waals surface area (Å²) in [4.78, 5) is 33.2. The van der Waals surface area contributed by atoms with Gasteiger partial charge in [0.2, 0.25) is 5.91 Å². The Balaban J connectivity index is 2.24. The van der Waals surface area contributed by atoms with Crippen LogP contribution in [-0.2, 0) is 16.1 Å². The number of pyridine rings is 1. The predicted octanol–water partition coefficient (Wildman–Crippen LogP) is 1.30. The van der Waals surface area contributed by atoms with E-state index in [4.69, 9.17) is 4.74 Å². The molecule has 24 heavy (non-hydrogen) atoms. The Bertz CT molecular complexity index is 761. The minimum absolute atomic E-state index is 0.121. The quantitative estimate of drug-likeness (QED) is 0.439. The number of hydrogen-bond donors (Lipinski definition) is 1. The number of carbonyl (C=O) groups excluding carboxylic acids is 1. The van der Waals surface area contributed by atoms with Gasteiger partial charge in [0.1, 0.15) is 0 Å². The van der Waals surface area contributed by atoms with Crippen LogP contribution in [0, 0.1) is 5.92 Å². The van der Waals surface area contributed by atoms with Gasteiger partial charge in [-0.15, -0.1) is 0 Å². The molecule has 1 N–H and O–H groups in total. The van der Waals surface area contributed by atoms with Crippen molar-refractivity contribution < 1.29 is 9.53 Å². The number of hydrogen-bond acceptors (Lipinski definition) is 6. The molecule has 2 heterocycles. The number of carbonyl (C=O) groups is 1. The van der Waals surface area contributed by atoms with Crippen molar-refractivity contribution in [2.24, 2.45) is 5.92 Å². The molecule has 0 fully saturated rings. The maximum absolute atomic E-state index is 12.7. The molecule has 0 aromatic carbocycles. The van der Waals surface area contributed by atoms with Crippen molar-refractivity contribution in [1.29, 1.82) is 0 Å². The smallest absolute Gasteiger partial charge is 0.263 e. The number of fused-ring (bicyclic) bond motifs is 1. The molecular weight excluding hydrogens is 328 g/mol. The first-order chi connectivity index (χ1) is 11.5. The Morgan fingerprint density at radius 1 is 1.46 bits per heavy atom. The van der Waals surface area contributed by atoms with E-state index in [0.29, 0.717) is 35.9 Å². The molecule has 0 bridgehead atoms. The normalized spacial score (nSPS) is 11.2. The number of amides is 1. The highest BCUT2D eigenvalue weighted by Gasteiger charge is 2.14. The van der Waals surface area contributed by atoms with E-state index in [1.54, 1.807) is 30.0 Å². The van der Waals surface area contributed by atoms with Gasteiger partial charge in [0, 0.05) is 26.4 Å². The highest BCUT2D eigenvalue weighted by atomic mass is 32.2. The monoisotopic (exact) mass is 350 g/mol. The summed E-state index contributed by atoms with van der Waals surface area (Å²) in [7, 11) is 1.58. The second-order valence-corrected chi connectivity index (χ2v) is 6.65. The first-order valence-electron chi connectivity index (χ1n) is 7.77. The molecule has 0 atom stereocenters. The van der Waals surface area contributed by atoms with Crippen LogP contribution in [0.5, 0.6) is 0 Å². The zero-order valence-corrected chi connectivity index (χ0v) is 14.9. The molecule has 0 aliphatic carbocycles. The van der Waals surface area contributed by atoms with Crippen molar-refractivity contribution in [2.45, 2.75) is 25.5 Å². The summed E-state index contributed by atoms with van der Waals surface area (Å²) in [6.45, 7) is 5.54. The van der Waals surface area contributed by atoms with Gasteiger partial charge in [-0.25, -0.2) is 9.97 Å². The van der Waals surface area contributed by atoms with Gasteiger partial charge in [0.15, 0.2) is 10.8 Å². The van der Waals surface area contributed by atoms with Crippen molar-refractivity contribution in [3.8, 4) is 0 Å². The molecule has 0 saturated carbocycles. The highest BCUT2D eigenvalue weighted by molar-refractivity contribution is 7.99. The SMILES string of the molecule is COCCNC(=O)CSc1nc2ncccc2c(=O)n1CC(C)C. The number of methoxy groups -OCH3 is 1. The van der Waals surface area contributed by atoms with Crippen LogP contribution in [0.25, 0.3) is 11.0 Å². The van der Waals surface area contributed by atoms with Gasteiger partial charge >= 0.3 is 0 Å². The number of nitrogens with one attached hydrogen (secondary N) is 1. The number of ether oxygens (including phenoxy) is 1. The lowest BCUT2D eigenvalue weighted by atomic mass is 10.2. The number of thioether (sulfide) groups is 1. The summed E-state index contributed by atoms with van der Waals surface area (Å²) in [6.07, 6.45) is 1.60. The highest BCUT2D eigenvalue weighted by Crippen LogP contribution is 2.17. The molecule has 0 unspecified atom stereocenters. The Morgan fingerprint density at radius 3 is 2.96 bits per heavy atom. The van der Waals surface area contributed by atoms with Crippen LogP contribution < -0.4 is 10.9 Å². The van der Waals surface area contributed by atoms with E-state index in [1.807, 2.05) is 13.8 Å². The Kier molecular flexibility index (Phi) is 6.74. The fourth-order valence-corrected chi connectivity index (χ4v) is 2.97. The number of nitrogens with zero attached hydrogens (tertiary/aromatic N) is 3. The van der Waals surface area contributed by atoms with Gasteiger partial charge in [-0.05, 0) is 18.1 Å². The number of aromatic nitrogens is 3. The Morgan fingerprint density at radius 2 is 2.25 bits per heavy atom. The van der Waals surface area contributed by atoms with Gasteiger partial charge in [-0.2, -0.15) is 0 Å². The topological polar surface area (TPSA) is 86.1 Å². The second kappa shape index (κ2) is 8.79. The van der Waals surface area contributed by atoms with E-state index < -0.39 is 0 Å². The number of rotatable bonds is 8. The van der Waals surface area contributed by atoms with Crippen LogP contribution in [-0.4, -0.2) is 46.5 Å². The lowest BCUT2D eigenvalue weighted by molar-refractivity contribution is -0.118. The lowest BCUT2D eigenvalue weighted by Crippen LogP contribution is -2.29. The molecule has 2 aromatic rings. The van der Waals surface area contributed by atoms with Crippen molar-refractivity contribution in [1.82, 2.24) is 19.9 Å². The second-order valence-electron chi connectivity index (χ2n) is 5.71. The standard InChI is InChI=1S/C16H22N4O3S/c1-11(2)9-20-15(22)12-5-4-6-18-14(12)19-16(20)24-10-13(21)17-7-8-23-3/h4-6,11H,7-10H2,1-3H3,(H,17,21). The molecule has 2 aromatic heterocycles. The summed E-state index contributed by atoms with van der Waals surface area (Å²) in [5, 5.41) is 3.76. The third-order valence-corrected chi connectivity index (χ3v) is 4.18. The van der Waals surface area contributed by atoms with Crippen LogP contribution in [0.15, 0.2) is 28.3 Å². The van der Waals surface area contributed by atoms with E-state index in [-0.39, 0.29) is 23.1 Å². The van der Waals surface area contributed by atoms with E-state index in [1.165, 1.54) is 11.8 Å². The molecule has 8 heteroatoms. The summed E-state index contributed by atoms with van der Waals surface area (Å²) in [5.41, 5.74) is 0.286. The average molecular weight is 350 g/mol. The van der Waals surface area contributed by atoms with Crippen LogP contribution in [0.3, 0.4) is 0 Å². The van der Waals surface area contributed by atoms with Crippen molar-refractivity contribution >= 4 is 28.7 Å². The van der Waals surface area contributed by atoms with Crippen LogP contribution >= 0.6 is 11.8 Å². The van der Waals surface area contributed by atoms with Gasteiger partial charge in [-0.1, -0.05) is 25.6 Å².